The fourth-order valence-corrected chi connectivity index (χ4v) is 6.92. The van der Waals surface area contributed by atoms with Gasteiger partial charge in [0, 0.05) is 35.1 Å². The molecule has 0 spiro atoms. The lowest BCUT2D eigenvalue weighted by Crippen LogP contribution is -2.46. The largest absolute Gasteiger partial charge is 0.324 e. The second-order valence-corrected chi connectivity index (χ2v) is 11.5. The zero-order valence-corrected chi connectivity index (χ0v) is 19.9. The summed E-state index contributed by atoms with van der Waals surface area (Å²) in [5, 5.41) is 14.7. The van der Waals surface area contributed by atoms with Crippen molar-refractivity contribution in [1.29, 1.82) is 5.26 Å². The molecule has 1 fully saturated rings. The minimum atomic E-state index is -3.76. The number of carbonyl (C=O) groups is 1. The Morgan fingerprint density at radius 1 is 1.24 bits per heavy atom. The van der Waals surface area contributed by atoms with Crippen molar-refractivity contribution >= 4 is 44.0 Å². The Morgan fingerprint density at radius 3 is 2.76 bits per heavy atom. The predicted molar refractivity (Wildman–Crippen MR) is 131 cm³/mol. The normalized spacial score (nSPS) is 19.6. The lowest BCUT2D eigenvalue weighted by Gasteiger charge is -2.38. The third-order valence-corrected chi connectivity index (χ3v) is 9.08. The van der Waals surface area contributed by atoms with E-state index in [1.165, 1.54) is 4.31 Å². The van der Waals surface area contributed by atoms with E-state index in [1.807, 2.05) is 24.3 Å². The van der Waals surface area contributed by atoms with Crippen molar-refractivity contribution in [3.8, 4) is 6.07 Å². The van der Waals surface area contributed by atoms with Crippen molar-refractivity contribution in [1.82, 2.24) is 9.29 Å². The van der Waals surface area contributed by atoms with Crippen molar-refractivity contribution < 1.29 is 13.2 Å². The number of nitriles is 1. The molecule has 174 valence electrons. The van der Waals surface area contributed by atoms with Crippen molar-refractivity contribution in [2.24, 2.45) is 5.41 Å². The van der Waals surface area contributed by atoms with Crippen LogP contribution in [-0.4, -0.2) is 35.9 Å². The number of halogens is 1. The molecular weight excluding hydrogens is 472 g/mol. The Bertz CT molecular complexity index is 1420. The monoisotopic (exact) mass is 494 g/mol. The van der Waals surface area contributed by atoms with Gasteiger partial charge in [0.05, 0.1) is 35.0 Å². The zero-order valence-electron chi connectivity index (χ0n) is 18.4. The highest BCUT2D eigenvalue weighted by Crippen LogP contribution is 2.43. The highest BCUT2D eigenvalue weighted by atomic mass is 35.5. The van der Waals surface area contributed by atoms with Gasteiger partial charge in [-0.15, -0.1) is 0 Å². The first-order chi connectivity index (χ1) is 16.3. The lowest BCUT2D eigenvalue weighted by molar-refractivity contribution is -0.118. The van der Waals surface area contributed by atoms with Crippen LogP contribution in [0.25, 0.3) is 10.8 Å². The van der Waals surface area contributed by atoms with Crippen molar-refractivity contribution in [3.63, 3.8) is 0 Å². The van der Waals surface area contributed by atoms with Gasteiger partial charge in [-0.3, -0.25) is 9.78 Å². The van der Waals surface area contributed by atoms with Gasteiger partial charge in [-0.2, -0.15) is 9.57 Å². The molecule has 2 aromatic carbocycles. The van der Waals surface area contributed by atoms with E-state index in [4.69, 9.17) is 11.6 Å². The highest BCUT2D eigenvalue weighted by molar-refractivity contribution is 7.89. The summed E-state index contributed by atoms with van der Waals surface area (Å²) in [5.74, 6) is -1.31. The number of fused-ring (bicyclic) bond motifs is 2. The summed E-state index contributed by atoms with van der Waals surface area (Å²) in [7, 11) is -3.76. The topological polar surface area (TPSA) is 103 Å². The van der Waals surface area contributed by atoms with Crippen LogP contribution in [0.4, 0.5) is 5.69 Å². The Balaban J connectivity index is 1.47. The number of benzene rings is 2. The first kappa shape index (κ1) is 22.8. The molecule has 1 amide bonds. The number of nitrogens with one attached hydrogen (secondary N) is 1. The first-order valence-corrected chi connectivity index (χ1v) is 13.1. The zero-order chi connectivity index (χ0) is 23.9. The van der Waals surface area contributed by atoms with Crippen LogP contribution < -0.4 is 5.32 Å². The molecule has 3 aromatic rings. The fraction of sp³-hybridized carbons (Fsp3) is 0.320. The van der Waals surface area contributed by atoms with Crippen LogP contribution in [0.3, 0.4) is 0 Å². The molecular formula is C25H23ClN4O3S. The molecule has 0 radical (unpaired) electrons. The van der Waals surface area contributed by atoms with E-state index < -0.39 is 21.4 Å². The summed E-state index contributed by atoms with van der Waals surface area (Å²) in [5.41, 5.74) is 1.17. The highest BCUT2D eigenvalue weighted by Gasteiger charge is 2.45. The molecule has 9 heteroatoms. The predicted octanol–water partition coefficient (Wildman–Crippen LogP) is 4.45. The third-order valence-electron chi connectivity index (χ3n) is 6.86. The van der Waals surface area contributed by atoms with E-state index in [9.17, 15) is 18.5 Å². The second kappa shape index (κ2) is 8.66. The van der Waals surface area contributed by atoms with Gasteiger partial charge >= 0.3 is 0 Å². The van der Waals surface area contributed by atoms with E-state index in [0.717, 1.165) is 22.8 Å². The summed E-state index contributed by atoms with van der Waals surface area (Å²) < 4.78 is 28.0. The minimum Gasteiger partial charge on any atom is -0.324 e. The minimum absolute atomic E-state index is 0.0127. The second-order valence-electron chi connectivity index (χ2n) is 9.09. The van der Waals surface area contributed by atoms with Gasteiger partial charge in [0.15, 0.2) is 0 Å². The Labute approximate surface area is 203 Å². The summed E-state index contributed by atoms with van der Waals surface area (Å²) in [6.45, 7) is 0.136. The van der Waals surface area contributed by atoms with E-state index >= 15 is 0 Å². The van der Waals surface area contributed by atoms with E-state index in [1.54, 1.807) is 30.6 Å². The number of rotatable bonds is 5. The quantitative estimate of drug-likeness (QED) is 0.564. The molecule has 1 aliphatic heterocycles. The molecule has 1 N–H and O–H groups in total. The van der Waals surface area contributed by atoms with Crippen LogP contribution in [0.5, 0.6) is 0 Å². The number of carbonyl (C=O) groups excluding carboxylic acids is 1. The fourth-order valence-electron chi connectivity index (χ4n) is 4.80. The number of amides is 1. The standard InChI is InChI=1S/C25H23ClN4O3S/c26-19-7-6-18-13-30(34(32,33)16-25(15-27)8-3-9-25)14-22(21(18)10-19)24(31)29-23-12-28-11-17-4-1-2-5-20(17)23/h1-2,4-7,10-12,22H,3,8-9,13-14,16H2,(H,29,31). The maximum atomic E-state index is 13.5. The molecule has 1 unspecified atom stereocenters. The molecule has 7 nitrogen and oxygen atoms in total. The number of aromatic nitrogens is 1. The van der Waals surface area contributed by atoms with Crippen LogP contribution in [-0.2, 0) is 21.4 Å². The van der Waals surface area contributed by atoms with Crippen molar-refractivity contribution in [3.05, 3.63) is 71.0 Å². The molecule has 1 saturated carbocycles. The molecule has 2 aliphatic rings. The van der Waals surface area contributed by atoms with Crippen LogP contribution in [0.15, 0.2) is 54.9 Å². The van der Waals surface area contributed by atoms with Gasteiger partial charge in [0.2, 0.25) is 15.9 Å². The average Bonchev–Trinajstić information content (AvgIpc) is 2.81. The van der Waals surface area contributed by atoms with Gasteiger partial charge < -0.3 is 5.32 Å². The van der Waals surface area contributed by atoms with Crippen molar-refractivity contribution in [2.45, 2.75) is 31.7 Å². The van der Waals surface area contributed by atoms with Crippen molar-refractivity contribution in [2.75, 3.05) is 17.6 Å². The van der Waals surface area contributed by atoms with Gasteiger partial charge in [-0.25, -0.2) is 8.42 Å². The van der Waals surface area contributed by atoms with E-state index in [-0.39, 0.29) is 24.7 Å². The van der Waals surface area contributed by atoms with Crippen LogP contribution in [0, 0.1) is 16.7 Å². The maximum absolute atomic E-state index is 13.5. The Hall–Kier alpha value is -2.99. The first-order valence-electron chi connectivity index (χ1n) is 11.1. The Morgan fingerprint density at radius 2 is 2.03 bits per heavy atom. The molecule has 1 aromatic heterocycles. The summed E-state index contributed by atoms with van der Waals surface area (Å²) >= 11 is 6.23. The van der Waals surface area contributed by atoms with Gasteiger partial charge in [0.1, 0.15) is 0 Å². The van der Waals surface area contributed by atoms with Gasteiger partial charge in [-0.05, 0) is 36.1 Å². The Kier molecular flexibility index (Phi) is 5.80. The van der Waals surface area contributed by atoms with E-state index in [2.05, 4.69) is 16.4 Å². The van der Waals surface area contributed by atoms with Crippen LogP contribution in [0.1, 0.15) is 36.3 Å². The number of anilines is 1. The number of sulfonamides is 1. The average molecular weight is 495 g/mol. The molecule has 0 bridgehead atoms. The number of nitrogens with zero attached hydrogens (tertiary/aromatic N) is 3. The number of pyridine rings is 1. The number of hydrogen-bond acceptors (Lipinski definition) is 5. The molecule has 1 aliphatic carbocycles. The molecule has 0 saturated heterocycles. The maximum Gasteiger partial charge on any atom is 0.233 e. The van der Waals surface area contributed by atoms with Gasteiger partial charge in [-0.1, -0.05) is 48.4 Å². The van der Waals surface area contributed by atoms with Gasteiger partial charge in [0.25, 0.3) is 0 Å². The lowest BCUT2D eigenvalue weighted by atomic mass is 9.72. The molecule has 34 heavy (non-hydrogen) atoms. The summed E-state index contributed by atoms with van der Waals surface area (Å²) in [6.07, 6.45) is 5.33. The third kappa shape index (κ3) is 4.16. The molecule has 1 atom stereocenters. The van der Waals surface area contributed by atoms with E-state index in [0.29, 0.717) is 29.1 Å². The SMILES string of the molecule is N#CC1(CS(=O)(=O)N2Cc3ccc(Cl)cc3C(C(=O)Nc3cncc4ccccc34)C2)CCC1. The summed E-state index contributed by atoms with van der Waals surface area (Å²) in [6, 6.07) is 15.0. The smallest absolute Gasteiger partial charge is 0.233 e. The summed E-state index contributed by atoms with van der Waals surface area (Å²) in [4.78, 5) is 17.7. The van der Waals surface area contributed by atoms with Crippen LogP contribution in [0.2, 0.25) is 5.02 Å². The number of hydrogen-bond donors (Lipinski definition) is 1. The molecule has 5 rings (SSSR count). The molecule has 2 heterocycles. The van der Waals surface area contributed by atoms with Crippen LogP contribution >= 0.6 is 11.6 Å².